The topological polar surface area (TPSA) is 93.7 Å². The lowest BCUT2D eigenvalue weighted by Crippen LogP contribution is -2.24. The van der Waals surface area contributed by atoms with E-state index >= 15 is 0 Å². The number of halogens is 1. The highest BCUT2D eigenvalue weighted by molar-refractivity contribution is 7.92. The number of methoxy groups -OCH3 is 1. The molecule has 1 amide bonds. The van der Waals surface area contributed by atoms with E-state index in [-0.39, 0.29) is 28.2 Å². The van der Waals surface area contributed by atoms with Gasteiger partial charge in [-0.15, -0.1) is 0 Å². The third-order valence-corrected chi connectivity index (χ3v) is 4.87. The van der Waals surface area contributed by atoms with E-state index in [2.05, 4.69) is 10.0 Å². The summed E-state index contributed by atoms with van der Waals surface area (Å²) in [6, 6.07) is 10.4. The Labute approximate surface area is 151 Å². The number of sulfonamides is 1. The predicted octanol–water partition coefficient (Wildman–Crippen LogP) is 2.27. The molecule has 0 unspecified atom stereocenters. The van der Waals surface area contributed by atoms with Crippen molar-refractivity contribution in [3.63, 3.8) is 0 Å². The summed E-state index contributed by atoms with van der Waals surface area (Å²) in [6.45, 7) is -0.216. The van der Waals surface area contributed by atoms with Crippen molar-refractivity contribution in [1.82, 2.24) is 5.32 Å². The summed E-state index contributed by atoms with van der Waals surface area (Å²) >= 11 is 6.04. The number of hydrogen-bond acceptors (Lipinski definition) is 5. The molecule has 0 saturated heterocycles. The number of nitrogens with one attached hydrogen (secondary N) is 2. The first-order valence-electron chi connectivity index (χ1n) is 7.15. The average Bonchev–Trinajstić information content (AvgIpc) is 2.60. The number of benzene rings is 2. The summed E-state index contributed by atoms with van der Waals surface area (Å²) in [5.41, 5.74) is 0.386. The molecule has 2 aromatic rings. The maximum absolute atomic E-state index is 12.4. The maximum atomic E-state index is 12.4. The Morgan fingerprint density at radius 1 is 1.16 bits per heavy atom. The molecular weight excluding hydrogens is 368 g/mol. The number of anilines is 1. The van der Waals surface area contributed by atoms with Gasteiger partial charge in [0.1, 0.15) is 11.5 Å². The quantitative estimate of drug-likeness (QED) is 0.763. The summed E-state index contributed by atoms with van der Waals surface area (Å²) in [4.78, 5) is 11.2. The van der Waals surface area contributed by atoms with E-state index in [0.29, 0.717) is 11.4 Å². The molecule has 2 aromatic carbocycles. The molecule has 0 saturated carbocycles. The highest BCUT2D eigenvalue weighted by Gasteiger charge is 2.17. The third-order valence-electron chi connectivity index (χ3n) is 3.19. The zero-order valence-electron chi connectivity index (χ0n) is 13.6. The number of carbonyl (C=O) groups is 1. The van der Waals surface area contributed by atoms with Crippen LogP contribution in [0.3, 0.4) is 0 Å². The van der Waals surface area contributed by atoms with Gasteiger partial charge in [0.25, 0.3) is 15.9 Å². The molecule has 25 heavy (non-hydrogen) atoms. The second-order valence-electron chi connectivity index (χ2n) is 4.89. The van der Waals surface area contributed by atoms with Crippen LogP contribution in [0.5, 0.6) is 11.5 Å². The van der Waals surface area contributed by atoms with Crippen molar-refractivity contribution in [3.05, 3.63) is 47.5 Å². The molecule has 0 spiro atoms. The van der Waals surface area contributed by atoms with Gasteiger partial charge in [0, 0.05) is 12.7 Å². The molecule has 0 atom stereocenters. The first kappa shape index (κ1) is 18.9. The van der Waals surface area contributed by atoms with Crippen LogP contribution in [0, 0.1) is 0 Å². The summed E-state index contributed by atoms with van der Waals surface area (Å²) in [5, 5.41) is 2.49. The SMILES string of the molecule is CNC(=O)COc1ccc(S(=O)(=O)Nc2ccc(OC)cc2)cc1Cl. The number of amides is 1. The molecule has 0 radical (unpaired) electrons. The number of rotatable bonds is 7. The van der Waals surface area contributed by atoms with Crippen molar-refractivity contribution in [2.75, 3.05) is 25.5 Å². The monoisotopic (exact) mass is 384 g/mol. The predicted molar refractivity (Wildman–Crippen MR) is 94.8 cm³/mol. The van der Waals surface area contributed by atoms with Crippen molar-refractivity contribution in [2.24, 2.45) is 0 Å². The Bertz CT molecular complexity index is 853. The number of carbonyl (C=O) groups excluding carboxylic acids is 1. The van der Waals surface area contributed by atoms with Gasteiger partial charge in [-0.25, -0.2) is 8.42 Å². The average molecular weight is 385 g/mol. The van der Waals surface area contributed by atoms with E-state index in [1.54, 1.807) is 24.3 Å². The Kier molecular flexibility index (Phi) is 6.11. The fourth-order valence-electron chi connectivity index (χ4n) is 1.85. The summed E-state index contributed by atoms with van der Waals surface area (Å²) in [5.74, 6) is 0.506. The Morgan fingerprint density at radius 3 is 2.40 bits per heavy atom. The Morgan fingerprint density at radius 2 is 1.84 bits per heavy atom. The number of hydrogen-bond donors (Lipinski definition) is 2. The maximum Gasteiger partial charge on any atom is 0.261 e. The van der Waals surface area contributed by atoms with Crippen LogP contribution < -0.4 is 19.5 Å². The van der Waals surface area contributed by atoms with Gasteiger partial charge < -0.3 is 14.8 Å². The van der Waals surface area contributed by atoms with Crippen molar-refractivity contribution < 1.29 is 22.7 Å². The standard InChI is InChI=1S/C16H17ClN2O5S/c1-18-16(20)10-24-15-8-7-13(9-14(15)17)25(21,22)19-11-3-5-12(23-2)6-4-11/h3-9,19H,10H2,1-2H3,(H,18,20). The summed E-state index contributed by atoms with van der Waals surface area (Å²) in [6.07, 6.45) is 0. The number of ether oxygens (including phenoxy) is 2. The van der Waals surface area contributed by atoms with Crippen molar-refractivity contribution in [3.8, 4) is 11.5 Å². The van der Waals surface area contributed by atoms with Crippen LogP contribution in [0.15, 0.2) is 47.4 Å². The second-order valence-corrected chi connectivity index (χ2v) is 6.98. The van der Waals surface area contributed by atoms with Gasteiger partial charge in [-0.2, -0.15) is 0 Å². The molecule has 0 aliphatic rings. The van der Waals surface area contributed by atoms with E-state index in [9.17, 15) is 13.2 Å². The van der Waals surface area contributed by atoms with Gasteiger partial charge in [-0.05, 0) is 42.5 Å². The lowest BCUT2D eigenvalue weighted by molar-refractivity contribution is -0.122. The van der Waals surface area contributed by atoms with Crippen LogP contribution in [-0.2, 0) is 14.8 Å². The van der Waals surface area contributed by atoms with E-state index in [0.717, 1.165) is 0 Å². The zero-order valence-corrected chi connectivity index (χ0v) is 15.1. The van der Waals surface area contributed by atoms with E-state index in [4.69, 9.17) is 21.1 Å². The second kappa shape index (κ2) is 8.09. The fourth-order valence-corrected chi connectivity index (χ4v) is 3.24. The molecule has 0 aliphatic heterocycles. The highest BCUT2D eigenvalue weighted by atomic mass is 35.5. The highest BCUT2D eigenvalue weighted by Crippen LogP contribution is 2.28. The lowest BCUT2D eigenvalue weighted by atomic mass is 10.3. The van der Waals surface area contributed by atoms with Gasteiger partial charge in [-0.1, -0.05) is 11.6 Å². The fraction of sp³-hybridized carbons (Fsp3) is 0.188. The van der Waals surface area contributed by atoms with Crippen molar-refractivity contribution in [1.29, 1.82) is 0 Å². The zero-order chi connectivity index (χ0) is 18.4. The molecule has 0 aliphatic carbocycles. The van der Waals surface area contributed by atoms with Gasteiger partial charge in [-0.3, -0.25) is 9.52 Å². The van der Waals surface area contributed by atoms with E-state index in [1.807, 2.05) is 0 Å². The molecule has 7 nitrogen and oxygen atoms in total. The summed E-state index contributed by atoms with van der Waals surface area (Å²) in [7, 11) is -0.815. The van der Waals surface area contributed by atoms with Crippen LogP contribution >= 0.6 is 11.6 Å². The molecule has 134 valence electrons. The smallest absolute Gasteiger partial charge is 0.261 e. The molecule has 2 rings (SSSR count). The normalized spacial score (nSPS) is 10.8. The first-order valence-corrected chi connectivity index (χ1v) is 9.01. The van der Waals surface area contributed by atoms with Gasteiger partial charge in [0.05, 0.1) is 17.0 Å². The van der Waals surface area contributed by atoms with Crippen molar-refractivity contribution in [2.45, 2.75) is 4.90 Å². The van der Waals surface area contributed by atoms with E-state index in [1.165, 1.54) is 32.4 Å². The Balaban J connectivity index is 2.15. The third kappa shape index (κ3) is 5.01. The molecule has 0 aromatic heterocycles. The van der Waals surface area contributed by atoms with Crippen LogP contribution in [0.1, 0.15) is 0 Å². The van der Waals surface area contributed by atoms with Crippen LogP contribution in [-0.4, -0.2) is 35.1 Å². The minimum atomic E-state index is -3.82. The van der Waals surface area contributed by atoms with Gasteiger partial charge in [0.15, 0.2) is 6.61 Å². The molecule has 9 heteroatoms. The molecule has 0 fully saturated rings. The molecular formula is C16H17ClN2O5S. The first-order chi connectivity index (χ1) is 11.9. The van der Waals surface area contributed by atoms with Gasteiger partial charge >= 0.3 is 0 Å². The van der Waals surface area contributed by atoms with Crippen LogP contribution in [0.4, 0.5) is 5.69 Å². The lowest BCUT2D eigenvalue weighted by Gasteiger charge is -2.11. The van der Waals surface area contributed by atoms with Crippen LogP contribution in [0.2, 0.25) is 5.02 Å². The minimum absolute atomic E-state index is 0.0272. The summed E-state index contributed by atoms with van der Waals surface area (Å²) < 4.78 is 37.5. The van der Waals surface area contributed by atoms with Gasteiger partial charge in [0.2, 0.25) is 0 Å². The van der Waals surface area contributed by atoms with Crippen LogP contribution in [0.25, 0.3) is 0 Å². The molecule has 0 bridgehead atoms. The molecule has 0 heterocycles. The van der Waals surface area contributed by atoms with Crippen molar-refractivity contribution >= 4 is 33.2 Å². The van der Waals surface area contributed by atoms with E-state index < -0.39 is 10.0 Å². The minimum Gasteiger partial charge on any atom is -0.497 e. The largest absolute Gasteiger partial charge is 0.497 e. The molecule has 2 N–H and O–H groups in total. The Hall–Kier alpha value is -2.45. The number of likely N-dealkylation sites (N-methyl/N-ethyl adjacent to an activating group) is 1.